The summed E-state index contributed by atoms with van der Waals surface area (Å²) in [6, 6.07) is 11.6. The Balaban J connectivity index is 1.72. The fraction of sp³-hybridized carbons (Fsp3) is 0.333. The zero-order valence-electron chi connectivity index (χ0n) is 16.3. The number of anilines is 1. The van der Waals surface area contributed by atoms with Crippen LogP contribution in [0.3, 0.4) is 0 Å². The van der Waals surface area contributed by atoms with E-state index in [2.05, 4.69) is 29.0 Å². The van der Waals surface area contributed by atoms with Gasteiger partial charge in [-0.2, -0.15) is 0 Å². The van der Waals surface area contributed by atoms with Crippen LogP contribution in [0.5, 0.6) is 5.75 Å². The van der Waals surface area contributed by atoms with Crippen LogP contribution >= 0.6 is 11.3 Å². The van der Waals surface area contributed by atoms with Gasteiger partial charge in [-0.15, -0.1) is 10.2 Å². The number of pyridine rings is 1. The molecule has 146 valence electrons. The molecule has 0 aliphatic rings. The van der Waals surface area contributed by atoms with E-state index in [9.17, 15) is 4.79 Å². The first-order valence-electron chi connectivity index (χ1n) is 9.24. The number of nitrogens with zero attached hydrogens (tertiary/aromatic N) is 4. The van der Waals surface area contributed by atoms with Gasteiger partial charge < -0.3 is 4.74 Å². The quantitative estimate of drug-likeness (QED) is 0.570. The van der Waals surface area contributed by atoms with Crippen molar-refractivity contribution < 1.29 is 9.53 Å². The van der Waals surface area contributed by atoms with Crippen LogP contribution in [0.25, 0.3) is 10.6 Å². The van der Waals surface area contributed by atoms with Gasteiger partial charge in [-0.05, 0) is 42.2 Å². The molecule has 0 fully saturated rings. The zero-order valence-corrected chi connectivity index (χ0v) is 17.1. The predicted octanol–water partition coefficient (Wildman–Crippen LogP) is 4.23. The number of aryl methyl sites for hydroxylation is 1. The molecule has 0 unspecified atom stereocenters. The number of rotatable bonds is 8. The average Bonchev–Trinajstić information content (AvgIpc) is 3.21. The molecule has 3 aromatic rings. The average molecular weight is 397 g/mol. The van der Waals surface area contributed by atoms with Gasteiger partial charge >= 0.3 is 0 Å². The van der Waals surface area contributed by atoms with Gasteiger partial charge in [0.2, 0.25) is 11.0 Å². The van der Waals surface area contributed by atoms with Crippen LogP contribution in [-0.2, 0) is 11.2 Å². The first kappa shape index (κ1) is 19.9. The minimum Gasteiger partial charge on any atom is -0.497 e. The number of hydrogen-bond acceptors (Lipinski definition) is 6. The van der Waals surface area contributed by atoms with Crippen molar-refractivity contribution in [1.82, 2.24) is 15.2 Å². The number of methoxy groups -OCH3 is 1. The summed E-state index contributed by atoms with van der Waals surface area (Å²) >= 11 is 1.42. The van der Waals surface area contributed by atoms with Gasteiger partial charge in [-0.25, -0.2) is 0 Å². The van der Waals surface area contributed by atoms with Crippen molar-refractivity contribution in [2.45, 2.75) is 26.7 Å². The number of carbonyl (C=O) groups is 1. The molecule has 0 aliphatic carbocycles. The summed E-state index contributed by atoms with van der Waals surface area (Å²) in [6.07, 6.45) is 4.56. The molecular formula is C21H24N4O2S. The molecule has 0 saturated carbocycles. The maximum atomic E-state index is 12.9. The van der Waals surface area contributed by atoms with Crippen LogP contribution in [0.15, 0.2) is 48.8 Å². The van der Waals surface area contributed by atoms with Crippen LogP contribution in [0.4, 0.5) is 5.13 Å². The van der Waals surface area contributed by atoms with Crippen LogP contribution in [0, 0.1) is 5.92 Å². The number of hydrogen-bond donors (Lipinski definition) is 0. The third-order valence-corrected chi connectivity index (χ3v) is 5.18. The lowest BCUT2D eigenvalue weighted by Crippen LogP contribution is -2.34. The molecular weight excluding hydrogens is 372 g/mol. The maximum absolute atomic E-state index is 12.9. The molecule has 3 rings (SSSR count). The van der Waals surface area contributed by atoms with Crippen molar-refractivity contribution in [2.24, 2.45) is 5.92 Å². The lowest BCUT2D eigenvalue weighted by molar-refractivity contribution is -0.118. The molecule has 0 aliphatic heterocycles. The maximum Gasteiger partial charge on any atom is 0.229 e. The lowest BCUT2D eigenvalue weighted by Gasteiger charge is -2.21. The highest BCUT2D eigenvalue weighted by molar-refractivity contribution is 7.18. The number of carbonyl (C=O) groups excluding carboxylic acids is 1. The Bertz CT molecular complexity index is 894. The number of ether oxygens (including phenoxy) is 1. The van der Waals surface area contributed by atoms with Crippen molar-refractivity contribution >= 4 is 22.4 Å². The number of aromatic nitrogens is 3. The molecule has 7 heteroatoms. The Labute approximate surface area is 169 Å². The van der Waals surface area contributed by atoms with Crippen molar-refractivity contribution in [2.75, 3.05) is 18.6 Å². The molecule has 2 heterocycles. The van der Waals surface area contributed by atoms with Gasteiger partial charge in [0.05, 0.1) is 7.11 Å². The van der Waals surface area contributed by atoms with E-state index in [4.69, 9.17) is 4.74 Å². The number of benzene rings is 1. The molecule has 1 aromatic carbocycles. The third kappa shape index (κ3) is 5.13. The smallest absolute Gasteiger partial charge is 0.229 e. The third-order valence-electron chi connectivity index (χ3n) is 4.19. The van der Waals surface area contributed by atoms with Crippen LogP contribution in [-0.4, -0.2) is 34.7 Å². The second-order valence-corrected chi connectivity index (χ2v) is 7.83. The molecule has 0 bridgehead atoms. The largest absolute Gasteiger partial charge is 0.497 e. The van der Waals surface area contributed by atoms with Gasteiger partial charge in [-0.1, -0.05) is 37.3 Å². The van der Waals surface area contributed by atoms with Crippen LogP contribution < -0.4 is 9.64 Å². The van der Waals surface area contributed by atoms with E-state index in [1.54, 1.807) is 24.4 Å². The van der Waals surface area contributed by atoms with E-state index in [-0.39, 0.29) is 5.91 Å². The topological polar surface area (TPSA) is 68.2 Å². The summed E-state index contributed by atoms with van der Waals surface area (Å²) in [4.78, 5) is 18.8. The lowest BCUT2D eigenvalue weighted by atomic mass is 10.1. The monoisotopic (exact) mass is 396 g/mol. The summed E-state index contributed by atoms with van der Waals surface area (Å²) in [5.74, 6) is 1.20. The van der Waals surface area contributed by atoms with Crippen molar-refractivity contribution in [3.05, 3.63) is 54.4 Å². The molecule has 0 atom stereocenters. The molecule has 0 radical (unpaired) electrons. The highest BCUT2D eigenvalue weighted by Gasteiger charge is 2.21. The SMILES string of the molecule is COc1ccc(CCC(=O)N(CC(C)C)c2nnc(-c3cccnc3)s2)cc1. The van der Waals surface area contributed by atoms with E-state index < -0.39 is 0 Å². The first-order chi connectivity index (χ1) is 13.6. The Morgan fingerprint density at radius 3 is 2.61 bits per heavy atom. The van der Waals surface area contributed by atoms with Gasteiger partial charge in [-0.3, -0.25) is 14.7 Å². The molecule has 0 N–H and O–H groups in total. The zero-order chi connectivity index (χ0) is 19.9. The Morgan fingerprint density at radius 2 is 1.96 bits per heavy atom. The highest BCUT2D eigenvalue weighted by Crippen LogP contribution is 2.29. The standard InChI is InChI=1S/C21H24N4O2S/c1-15(2)14-25(19(26)11-8-16-6-9-18(27-3)10-7-16)21-24-23-20(28-21)17-5-4-12-22-13-17/h4-7,9-10,12-13,15H,8,11,14H2,1-3H3. The predicted molar refractivity (Wildman–Crippen MR) is 112 cm³/mol. The second kappa shape index (κ2) is 9.41. The number of amides is 1. The van der Waals surface area contributed by atoms with Gasteiger partial charge in [0, 0.05) is 30.9 Å². The van der Waals surface area contributed by atoms with Gasteiger partial charge in [0.25, 0.3) is 0 Å². The summed E-state index contributed by atoms with van der Waals surface area (Å²) < 4.78 is 5.18. The summed E-state index contributed by atoms with van der Waals surface area (Å²) in [5.41, 5.74) is 2.01. The summed E-state index contributed by atoms with van der Waals surface area (Å²) in [5, 5.41) is 9.92. The molecule has 2 aromatic heterocycles. The van der Waals surface area contributed by atoms with Gasteiger partial charge in [0.15, 0.2) is 5.01 Å². The van der Waals surface area contributed by atoms with E-state index in [1.165, 1.54) is 11.3 Å². The van der Waals surface area contributed by atoms with Crippen LogP contribution in [0.1, 0.15) is 25.8 Å². The second-order valence-electron chi connectivity index (χ2n) is 6.88. The molecule has 1 amide bonds. The Hall–Kier alpha value is -2.80. The molecule has 6 nitrogen and oxygen atoms in total. The molecule has 0 spiro atoms. The van der Waals surface area contributed by atoms with E-state index in [0.29, 0.717) is 30.4 Å². The highest BCUT2D eigenvalue weighted by atomic mass is 32.1. The molecule has 0 saturated heterocycles. The fourth-order valence-electron chi connectivity index (χ4n) is 2.76. The Kier molecular flexibility index (Phi) is 6.71. The Morgan fingerprint density at radius 1 is 1.18 bits per heavy atom. The minimum atomic E-state index is 0.0541. The molecule has 28 heavy (non-hydrogen) atoms. The summed E-state index contributed by atoms with van der Waals surface area (Å²) in [7, 11) is 1.64. The van der Waals surface area contributed by atoms with Crippen molar-refractivity contribution in [3.8, 4) is 16.3 Å². The van der Waals surface area contributed by atoms with E-state index in [1.807, 2.05) is 36.4 Å². The minimum absolute atomic E-state index is 0.0541. The van der Waals surface area contributed by atoms with Gasteiger partial charge in [0.1, 0.15) is 5.75 Å². The van der Waals surface area contributed by atoms with E-state index in [0.717, 1.165) is 21.9 Å². The van der Waals surface area contributed by atoms with Crippen LogP contribution in [0.2, 0.25) is 0 Å². The normalized spacial score (nSPS) is 10.9. The summed E-state index contributed by atoms with van der Waals surface area (Å²) in [6.45, 7) is 4.79. The first-order valence-corrected chi connectivity index (χ1v) is 10.1. The fourth-order valence-corrected chi connectivity index (χ4v) is 3.62. The van der Waals surface area contributed by atoms with E-state index >= 15 is 0 Å². The van der Waals surface area contributed by atoms with Crippen molar-refractivity contribution in [3.63, 3.8) is 0 Å². The van der Waals surface area contributed by atoms with Crippen molar-refractivity contribution in [1.29, 1.82) is 0 Å².